The normalized spacial score (nSPS) is 18.3. The molecule has 0 radical (unpaired) electrons. The standard InChI is InChI=1S/C24H33N3O4/c1-25(17-20-7-5-6-8-21(20)29-2)24(28)18-27-13-11-26(12-14-27)16-19-9-10-22(30-3)23(15-19)31-4/h5-10,15H,11-14,16-18H2,1-4H3/p+2. The molecule has 0 bridgehead atoms. The third-order valence-electron chi connectivity index (χ3n) is 5.99. The van der Waals surface area contributed by atoms with Crippen molar-refractivity contribution in [3.05, 3.63) is 53.6 Å². The molecule has 1 aliphatic heterocycles. The first-order valence-corrected chi connectivity index (χ1v) is 10.8. The molecule has 1 saturated heterocycles. The lowest BCUT2D eigenvalue weighted by Crippen LogP contribution is -3.28. The van der Waals surface area contributed by atoms with Gasteiger partial charge in [-0.1, -0.05) is 18.2 Å². The van der Waals surface area contributed by atoms with E-state index in [2.05, 4.69) is 12.1 Å². The average Bonchev–Trinajstić information content (AvgIpc) is 2.80. The SMILES string of the molecule is COc1ccccc1CN(C)C(=O)C[NH+]1CC[NH+](Cc2ccc(OC)c(OC)c2)CC1. The van der Waals surface area contributed by atoms with Crippen molar-refractivity contribution in [1.82, 2.24) is 4.90 Å². The van der Waals surface area contributed by atoms with Crippen LogP contribution in [0.15, 0.2) is 42.5 Å². The number of nitrogens with zero attached hydrogens (tertiary/aromatic N) is 1. The zero-order valence-corrected chi connectivity index (χ0v) is 19.1. The predicted molar refractivity (Wildman–Crippen MR) is 119 cm³/mol. The molecule has 168 valence electrons. The Morgan fingerprint density at radius 2 is 1.52 bits per heavy atom. The summed E-state index contributed by atoms with van der Waals surface area (Å²) < 4.78 is 16.1. The Balaban J connectivity index is 1.47. The van der Waals surface area contributed by atoms with Crippen molar-refractivity contribution in [2.24, 2.45) is 0 Å². The van der Waals surface area contributed by atoms with Crippen molar-refractivity contribution in [2.45, 2.75) is 13.1 Å². The Kier molecular flexibility index (Phi) is 8.14. The van der Waals surface area contributed by atoms with E-state index in [0.29, 0.717) is 13.1 Å². The molecule has 7 nitrogen and oxygen atoms in total. The van der Waals surface area contributed by atoms with Crippen LogP contribution in [0.25, 0.3) is 0 Å². The number of carbonyl (C=O) groups excluding carboxylic acids is 1. The van der Waals surface area contributed by atoms with Crippen molar-refractivity contribution in [2.75, 3.05) is 61.1 Å². The van der Waals surface area contributed by atoms with Crippen LogP contribution in [0.4, 0.5) is 0 Å². The van der Waals surface area contributed by atoms with E-state index in [1.54, 1.807) is 26.2 Å². The maximum absolute atomic E-state index is 12.8. The molecule has 2 aromatic rings. The van der Waals surface area contributed by atoms with E-state index < -0.39 is 0 Å². The number of para-hydroxylation sites is 1. The molecule has 3 rings (SSSR count). The zero-order valence-electron chi connectivity index (χ0n) is 19.1. The summed E-state index contributed by atoms with van der Waals surface area (Å²) in [6.07, 6.45) is 0. The van der Waals surface area contributed by atoms with Crippen molar-refractivity contribution >= 4 is 5.91 Å². The van der Waals surface area contributed by atoms with Gasteiger partial charge in [-0.05, 0) is 24.3 Å². The second kappa shape index (κ2) is 11.0. The second-order valence-electron chi connectivity index (χ2n) is 8.10. The van der Waals surface area contributed by atoms with Crippen LogP contribution in [-0.2, 0) is 17.9 Å². The summed E-state index contributed by atoms with van der Waals surface area (Å²) in [4.78, 5) is 17.4. The first-order chi connectivity index (χ1) is 15.0. The summed E-state index contributed by atoms with van der Waals surface area (Å²) >= 11 is 0. The van der Waals surface area contributed by atoms with Gasteiger partial charge in [0.05, 0.1) is 21.3 Å². The molecule has 1 heterocycles. The van der Waals surface area contributed by atoms with Gasteiger partial charge < -0.3 is 28.9 Å². The molecule has 0 saturated carbocycles. The first-order valence-electron chi connectivity index (χ1n) is 10.8. The monoisotopic (exact) mass is 429 g/mol. The fourth-order valence-electron chi connectivity index (χ4n) is 4.12. The molecule has 1 aliphatic rings. The van der Waals surface area contributed by atoms with Gasteiger partial charge in [-0.3, -0.25) is 4.79 Å². The lowest BCUT2D eigenvalue weighted by molar-refractivity contribution is -1.02. The smallest absolute Gasteiger partial charge is 0.277 e. The van der Waals surface area contributed by atoms with Crippen LogP contribution >= 0.6 is 0 Å². The number of nitrogens with one attached hydrogen (secondary N) is 2. The van der Waals surface area contributed by atoms with E-state index in [1.807, 2.05) is 37.4 Å². The van der Waals surface area contributed by atoms with Gasteiger partial charge in [-0.15, -0.1) is 0 Å². The molecule has 2 aromatic carbocycles. The van der Waals surface area contributed by atoms with Gasteiger partial charge in [0.2, 0.25) is 0 Å². The van der Waals surface area contributed by atoms with Crippen LogP contribution in [0, 0.1) is 0 Å². The summed E-state index contributed by atoms with van der Waals surface area (Å²) in [6.45, 7) is 6.14. The van der Waals surface area contributed by atoms with Gasteiger partial charge >= 0.3 is 0 Å². The van der Waals surface area contributed by atoms with Gasteiger partial charge in [0.1, 0.15) is 38.5 Å². The molecule has 0 atom stereocenters. The van der Waals surface area contributed by atoms with Gasteiger partial charge in [-0.2, -0.15) is 0 Å². The molecule has 31 heavy (non-hydrogen) atoms. The Labute approximate surface area is 185 Å². The van der Waals surface area contributed by atoms with Crippen molar-refractivity contribution in [3.8, 4) is 17.2 Å². The Bertz CT molecular complexity index is 866. The highest BCUT2D eigenvalue weighted by atomic mass is 16.5. The largest absolute Gasteiger partial charge is 0.496 e. The van der Waals surface area contributed by atoms with E-state index in [1.165, 1.54) is 15.4 Å². The fourth-order valence-corrected chi connectivity index (χ4v) is 4.12. The summed E-state index contributed by atoms with van der Waals surface area (Å²) in [5.74, 6) is 2.52. The maximum atomic E-state index is 12.8. The Hall–Kier alpha value is -2.77. The molecule has 0 aliphatic carbocycles. The van der Waals surface area contributed by atoms with E-state index in [9.17, 15) is 4.79 Å². The van der Waals surface area contributed by atoms with Gasteiger partial charge in [-0.25, -0.2) is 0 Å². The van der Waals surface area contributed by atoms with Gasteiger partial charge in [0.25, 0.3) is 5.91 Å². The number of carbonyl (C=O) groups is 1. The minimum absolute atomic E-state index is 0.171. The van der Waals surface area contributed by atoms with Crippen LogP contribution in [0.5, 0.6) is 17.2 Å². The molecular weight excluding hydrogens is 394 g/mol. The molecule has 0 aromatic heterocycles. The van der Waals surface area contributed by atoms with E-state index in [-0.39, 0.29) is 5.91 Å². The number of benzene rings is 2. The van der Waals surface area contributed by atoms with Gasteiger partial charge in [0.15, 0.2) is 18.0 Å². The van der Waals surface area contributed by atoms with E-state index >= 15 is 0 Å². The number of ether oxygens (including phenoxy) is 3. The molecule has 0 spiro atoms. The van der Waals surface area contributed by atoms with Gasteiger partial charge in [0, 0.05) is 24.7 Å². The van der Waals surface area contributed by atoms with E-state index in [4.69, 9.17) is 14.2 Å². The fraction of sp³-hybridized carbons (Fsp3) is 0.458. The van der Waals surface area contributed by atoms with Crippen LogP contribution in [0.1, 0.15) is 11.1 Å². The quantitative estimate of drug-likeness (QED) is 0.573. The Morgan fingerprint density at radius 3 is 2.19 bits per heavy atom. The number of rotatable bonds is 9. The predicted octanol–water partition coefficient (Wildman–Crippen LogP) is -0.346. The number of hydrogen-bond acceptors (Lipinski definition) is 4. The highest BCUT2D eigenvalue weighted by Gasteiger charge is 2.26. The molecule has 1 amide bonds. The summed E-state index contributed by atoms with van der Waals surface area (Å²) in [5, 5.41) is 0. The topological polar surface area (TPSA) is 56.9 Å². The summed E-state index contributed by atoms with van der Waals surface area (Å²) in [5.41, 5.74) is 2.27. The molecule has 2 N–H and O–H groups in total. The van der Waals surface area contributed by atoms with Crippen LogP contribution < -0.4 is 24.0 Å². The Morgan fingerprint density at radius 1 is 0.871 bits per heavy atom. The molecule has 0 unspecified atom stereocenters. The second-order valence-corrected chi connectivity index (χ2v) is 8.10. The van der Waals surface area contributed by atoms with Crippen LogP contribution in [0.2, 0.25) is 0 Å². The summed E-state index contributed by atoms with van der Waals surface area (Å²) in [7, 11) is 6.85. The third kappa shape index (κ3) is 6.12. The highest BCUT2D eigenvalue weighted by molar-refractivity contribution is 5.76. The minimum Gasteiger partial charge on any atom is -0.496 e. The van der Waals surface area contributed by atoms with Crippen molar-refractivity contribution < 1.29 is 28.8 Å². The average molecular weight is 430 g/mol. The molecule has 7 heteroatoms. The van der Waals surface area contributed by atoms with Crippen molar-refractivity contribution in [1.29, 1.82) is 0 Å². The lowest BCUT2D eigenvalue weighted by atomic mass is 10.1. The van der Waals surface area contributed by atoms with Crippen LogP contribution in [0.3, 0.4) is 0 Å². The molecule has 1 fully saturated rings. The minimum atomic E-state index is 0.171. The van der Waals surface area contributed by atoms with E-state index in [0.717, 1.165) is 55.5 Å². The number of quaternary nitrogens is 2. The number of likely N-dealkylation sites (N-methyl/N-ethyl adjacent to an activating group) is 1. The zero-order chi connectivity index (χ0) is 22.2. The molecular formula is C24H35N3O4+2. The van der Waals surface area contributed by atoms with Crippen LogP contribution in [-0.4, -0.2) is 71.9 Å². The lowest BCUT2D eigenvalue weighted by Gasteiger charge is -2.30. The third-order valence-corrected chi connectivity index (χ3v) is 5.99. The number of amides is 1. The maximum Gasteiger partial charge on any atom is 0.277 e. The van der Waals surface area contributed by atoms with Crippen molar-refractivity contribution in [3.63, 3.8) is 0 Å². The number of methoxy groups -OCH3 is 3. The summed E-state index contributed by atoms with van der Waals surface area (Å²) in [6, 6.07) is 14.0. The highest BCUT2D eigenvalue weighted by Crippen LogP contribution is 2.27. The number of piperazine rings is 1. The first kappa shape index (κ1) is 22.9. The number of hydrogen-bond donors (Lipinski definition) is 2.